The number of halogens is 9. The van der Waals surface area contributed by atoms with Crippen LogP contribution < -0.4 is 5.32 Å². The first-order chi connectivity index (χ1) is 16.6. The third kappa shape index (κ3) is 4.99. The first-order valence-electron chi connectivity index (χ1n) is 10.2. The van der Waals surface area contributed by atoms with Crippen LogP contribution in [-0.2, 0) is 22.4 Å². The number of carbonyl (C=O) groups excluding carboxylic acids is 1. The molecule has 1 amide bonds. The van der Waals surface area contributed by atoms with Crippen molar-refractivity contribution in [2.24, 2.45) is 4.99 Å². The number of hydrogen-bond acceptors (Lipinski definition) is 3. The Morgan fingerprint density at radius 3 is 2.17 bits per heavy atom. The van der Waals surface area contributed by atoms with E-state index in [0.29, 0.717) is 6.07 Å². The van der Waals surface area contributed by atoms with Crippen LogP contribution in [0.3, 0.4) is 0 Å². The average Bonchev–Trinajstić information content (AvgIpc) is 3.22. The molecule has 0 aromatic heterocycles. The van der Waals surface area contributed by atoms with E-state index in [2.05, 4.69) is 10.3 Å². The third-order valence-corrected chi connectivity index (χ3v) is 8.85. The molecule has 2 aromatic carbocycles. The van der Waals surface area contributed by atoms with Gasteiger partial charge in [-0.2, -0.15) is 26.3 Å². The zero-order valence-corrected chi connectivity index (χ0v) is 21.0. The topological polar surface area (TPSA) is 58.5 Å². The highest BCUT2D eigenvalue weighted by atomic mass is 35.5. The summed E-state index contributed by atoms with van der Waals surface area (Å²) in [6, 6.07) is 4.16. The van der Waals surface area contributed by atoms with Crippen LogP contribution >= 0.6 is 34.8 Å². The summed E-state index contributed by atoms with van der Waals surface area (Å²) >= 11 is 17.7. The fraction of sp³-hybridized carbons (Fsp3) is 0.364. The van der Waals surface area contributed by atoms with E-state index in [1.54, 1.807) is 0 Å². The molecule has 0 spiro atoms. The second-order valence-corrected chi connectivity index (χ2v) is 11.2. The Morgan fingerprint density at radius 2 is 1.64 bits per heavy atom. The Morgan fingerprint density at radius 1 is 1.03 bits per heavy atom. The van der Waals surface area contributed by atoms with Gasteiger partial charge in [0.05, 0.1) is 38.8 Å². The molecule has 2 heterocycles. The average molecular weight is 592 g/mol. The molecule has 36 heavy (non-hydrogen) atoms. The highest BCUT2D eigenvalue weighted by Crippen LogP contribution is 2.50. The normalized spacial score (nSPS) is 24.3. The van der Waals surface area contributed by atoms with Gasteiger partial charge in [-0.15, -0.1) is 0 Å². The molecule has 0 radical (unpaired) electrons. The molecule has 0 saturated carbocycles. The molecular weight excluding hydrogens is 577 g/mol. The minimum absolute atomic E-state index is 0.129. The molecule has 2 aliphatic rings. The number of benzene rings is 2. The molecule has 1 unspecified atom stereocenters. The van der Waals surface area contributed by atoms with E-state index in [9.17, 15) is 35.3 Å². The van der Waals surface area contributed by atoms with Crippen molar-refractivity contribution < 1.29 is 35.3 Å². The fourth-order valence-electron chi connectivity index (χ4n) is 4.10. The zero-order chi connectivity index (χ0) is 26.6. The number of nitrogens with zero attached hydrogens (tertiary/aromatic N) is 1. The van der Waals surface area contributed by atoms with Crippen LogP contribution in [0, 0.1) is 0 Å². The SMILES string of the molecule is O=C(NC1CS(=O)C1)c1ccc(C2=NCC(c3cc(Cl)c(Cl)c(Cl)c3)(C(F)(F)F)C2)cc1C(F)(F)F. The molecule has 1 atom stereocenters. The summed E-state index contributed by atoms with van der Waals surface area (Å²) in [5.74, 6) is -0.737. The predicted octanol–water partition coefficient (Wildman–Crippen LogP) is 6.22. The van der Waals surface area contributed by atoms with E-state index in [0.717, 1.165) is 24.3 Å². The van der Waals surface area contributed by atoms with E-state index < -0.39 is 64.6 Å². The largest absolute Gasteiger partial charge is 0.417 e. The Bertz CT molecular complexity index is 1270. The number of carbonyl (C=O) groups is 1. The van der Waals surface area contributed by atoms with Crippen molar-refractivity contribution in [2.45, 2.75) is 30.2 Å². The van der Waals surface area contributed by atoms with Crippen LogP contribution in [0.5, 0.6) is 0 Å². The molecule has 1 saturated heterocycles. The Hall–Kier alpha value is -1.82. The van der Waals surface area contributed by atoms with Crippen LogP contribution in [-0.4, -0.2) is 46.1 Å². The Balaban J connectivity index is 1.69. The first kappa shape index (κ1) is 27.2. The molecule has 1 N–H and O–H groups in total. The monoisotopic (exact) mass is 590 g/mol. The van der Waals surface area contributed by atoms with Gasteiger partial charge < -0.3 is 5.32 Å². The second kappa shape index (κ2) is 9.49. The van der Waals surface area contributed by atoms with E-state index in [4.69, 9.17) is 34.8 Å². The van der Waals surface area contributed by atoms with Gasteiger partial charge in [-0.3, -0.25) is 14.0 Å². The summed E-state index contributed by atoms with van der Waals surface area (Å²) in [5, 5.41) is 1.84. The van der Waals surface area contributed by atoms with E-state index >= 15 is 0 Å². The van der Waals surface area contributed by atoms with Gasteiger partial charge in [-0.25, -0.2) is 0 Å². The van der Waals surface area contributed by atoms with Crippen molar-refractivity contribution in [3.8, 4) is 0 Å². The molecule has 194 valence electrons. The third-order valence-electron chi connectivity index (χ3n) is 6.10. The Labute approximate surface area is 218 Å². The van der Waals surface area contributed by atoms with Crippen LogP contribution in [0.25, 0.3) is 0 Å². The molecule has 4 nitrogen and oxygen atoms in total. The highest BCUT2D eigenvalue weighted by molar-refractivity contribution is 7.86. The van der Waals surface area contributed by atoms with Gasteiger partial charge in [0.25, 0.3) is 5.91 Å². The fourth-order valence-corrected chi connectivity index (χ4v) is 5.67. The molecular formula is C22H15Cl3F6N2O2S. The van der Waals surface area contributed by atoms with Crippen LogP contribution in [0.15, 0.2) is 35.3 Å². The zero-order valence-electron chi connectivity index (χ0n) is 17.9. The predicted molar refractivity (Wildman–Crippen MR) is 126 cm³/mol. The lowest BCUT2D eigenvalue weighted by molar-refractivity contribution is -0.183. The van der Waals surface area contributed by atoms with Crippen molar-refractivity contribution in [3.05, 3.63) is 67.7 Å². The molecule has 4 rings (SSSR count). The minimum atomic E-state index is -4.97. The smallest absolute Gasteiger partial charge is 0.347 e. The van der Waals surface area contributed by atoms with E-state index in [1.165, 1.54) is 0 Å². The van der Waals surface area contributed by atoms with Gasteiger partial charge in [-0.05, 0) is 35.4 Å². The number of amides is 1. The van der Waals surface area contributed by atoms with E-state index in [1.807, 2.05) is 0 Å². The lowest BCUT2D eigenvalue weighted by Crippen LogP contribution is -2.50. The van der Waals surface area contributed by atoms with Crippen molar-refractivity contribution >= 4 is 57.2 Å². The van der Waals surface area contributed by atoms with Gasteiger partial charge >= 0.3 is 12.4 Å². The van der Waals surface area contributed by atoms with Gasteiger partial charge in [0, 0.05) is 34.4 Å². The first-order valence-corrected chi connectivity index (χ1v) is 12.9. The number of aliphatic imine (C=N–C) groups is 1. The van der Waals surface area contributed by atoms with Gasteiger partial charge in [0.2, 0.25) is 0 Å². The quantitative estimate of drug-likeness (QED) is 0.339. The molecule has 0 bridgehead atoms. The maximum absolute atomic E-state index is 14.3. The van der Waals surface area contributed by atoms with Crippen LogP contribution in [0.2, 0.25) is 15.1 Å². The highest BCUT2D eigenvalue weighted by Gasteiger charge is 2.58. The Kier molecular flexibility index (Phi) is 7.17. The summed E-state index contributed by atoms with van der Waals surface area (Å²) in [6.07, 6.45) is -10.6. The summed E-state index contributed by atoms with van der Waals surface area (Å²) < 4.78 is 95.6. The molecule has 0 aliphatic carbocycles. The summed E-state index contributed by atoms with van der Waals surface area (Å²) in [7, 11) is -1.13. The molecule has 2 aromatic rings. The van der Waals surface area contributed by atoms with Crippen molar-refractivity contribution in [1.29, 1.82) is 0 Å². The summed E-state index contributed by atoms with van der Waals surface area (Å²) in [5.41, 5.74) is -5.35. The molecule has 2 aliphatic heterocycles. The standard InChI is InChI=1S/C22H15Cl3F6N2O2S/c23-15-4-11(5-16(24)18(15)25)20(22(29,30)31)6-17(32-9-20)10-1-2-13(14(3-10)21(26,27)28)19(34)33-12-7-36(35)8-12/h1-5,12H,6-9H2,(H,33,34). The summed E-state index contributed by atoms with van der Waals surface area (Å²) in [4.78, 5) is 16.4. The van der Waals surface area contributed by atoms with Crippen LogP contribution in [0.1, 0.15) is 33.5 Å². The van der Waals surface area contributed by atoms with Gasteiger partial charge in [0.1, 0.15) is 5.41 Å². The number of rotatable bonds is 4. The molecule has 14 heteroatoms. The minimum Gasteiger partial charge on any atom is -0.347 e. The van der Waals surface area contributed by atoms with Crippen molar-refractivity contribution in [2.75, 3.05) is 18.1 Å². The lowest BCUT2D eigenvalue weighted by Gasteiger charge is -2.32. The number of hydrogen-bond donors (Lipinski definition) is 1. The van der Waals surface area contributed by atoms with E-state index in [-0.39, 0.29) is 43.4 Å². The maximum atomic E-state index is 14.3. The lowest BCUT2D eigenvalue weighted by atomic mass is 9.76. The number of nitrogens with one attached hydrogen (secondary N) is 1. The van der Waals surface area contributed by atoms with Crippen molar-refractivity contribution in [1.82, 2.24) is 5.32 Å². The number of alkyl halides is 6. The molecule has 1 fully saturated rings. The van der Waals surface area contributed by atoms with Crippen LogP contribution in [0.4, 0.5) is 26.3 Å². The van der Waals surface area contributed by atoms with Crippen molar-refractivity contribution in [3.63, 3.8) is 0 Å². The maximum Gasteiger partial charge on any atom is 0.417 e. The van der Waals surface area contributed by atoms with Gasteiger partial charge in [0.15, 0.2) is 0 Å². The summed E-state index contributed by atoms with van der Waals surface area (Å²) in [6.45, 7) is -0.803. The second-order valence-electron chi connectivity index (χ2n) is 8.48. The van der Waals surface area contributed by atoms with Gasteiger partial charge in [-0.1, -0.05) is 40.9 Å².